The monoisotopic (exact) mass is 385 g/mol. The lowest BCUT2D eigenvalue weighted by Gasteiger charge is -2.43. The molecular formula is C23H35N3O2. The number of anilines is 1. The summed E-state index contributed by atoms with van der Waals surface area (Å²) >= 11 is 0. The van der Waals surface area contributed by atoms with Gasteiger partial charge in [-0.1, -0.05) is 32.0 Å². The zero-order valence-corrected chi connectivity index (χ0v) is 17.9. The number of carbonyl (C=O) groups is 2. The van der Waals surface area contributed by atoms with Crippen molar-refractivity contribution < 1.29 is 9.59 Å². The number of urea groups is 1. The number of hydrogen-bond donors (Lipinski definition) is 0. The van der Waals surface area contributed by atoms with Crippen LogP contribution in [0.1, 0.15) is 52.5 Å². The molecule has 1 aromatic carbocycles. The van der Waals surface area contributed by atoms with Crippen molar-refractivity contribution in [1.82, 2.24) is 9.80 Å². The summed E-state index contributed by atoms with van der Waals surface area (Å²) in [6.45, 7) is 11.3. The van der Waals surface area contributed by atoms with E-state index in [1.807, 2.05) is 34.6 Å². The van der Waals surface area contributed by atoms with Crippen molar-refractivity contribution in [2.75, 3.05) is 31.1 Å². The largest absolute Gasteiger partial charge is 0.343 e. The van der Waals surface area contributed by atoms with E-state index in [-0.39, 0.29) is 23.9 Å². The SMILES string of the molecule is CCN(CC)C(=O)C1CCN(C(=O)N2c3ccccc3CC[C@@H]2C(C)C)CC1. The number of rotatable bonds is 4. The van der Waals surface area contributed by atoms with Gasteiger partial charge in [0.05, 0.1) is 0 Å². The van der Waals surface area contributed by atoms with Crippen LogP contribution in [-0.2, 0) is 11.2 Å². The van der Waals surface area contributed by atoms with Crippen LogP contribution < -0.4 is 4.90 Å². The normalized spacial score (nSPS) is 20.2. The number of amides is 3. The Balaban J connectivity index is 1.72. The molecule has 0 radical (unpaired) electrons. The lowest BCUT2D eigenvalue weighted by Crippen LogP contribution is -2.54. The highest BCUT2D eigenvalue weighted by molar-refractivity contribution is 5.94. The number of hydrogen-bond acceptors (Lipinski definition) is 2. The molecule has 0 saturated carbocycles. The summed E-state index contributed by atoms with van der Waals surface area (Å²) in [5.41, 5.74) is 2.33. The van der Waals surface area contributed by atoms with E-state index < -0.39 is 0 Å². The average molecular weight is 386 g/mol. The van der Waals surface area contributed by atoms with Crippen molar-refractivity contribution in [2.45, 2.75) is 59.4 Å². The summed E-state index contributed by atoms with van der Waals surface area (Å²) in [6, 6.07) is 8.65. The molecule has 0 unspecified atom stereocenters. The van der Waals surface area contributed by atoms with Gasteiger partial charge in [-0.15, -0.1) is 0 Å². The summed E-state index contributed by atoms with van der Waals surface area (Å²) in [6.07, 6.45) is 3.58. The van der Waals surface area contributed by atoms with Crippen LogP contribution in [0.4, 0.5) is 10.5 Å². The van der Waals surface area contributed by atoms with Crippen molar-refractivity contribution in [3.05, 3.63) is 29.8 Å². The molecule has 154 valence electrons. The molecule has 2 aliphatic rings. The van der Waals surface area contributed by atoms with E-state index >= 15 is 0 Å². The highest BCUT2D eigenvalue weighted by Gasteiger charge is 2.37. The predicted octanol–water partition coefficient (Wildman–Crippen LogP) is 4.16. The Morgan fingerprint density at radius 1 is 1.07 bits per heavy atom. The Labute approximate surface area is 169 Å². The third-order valence-electron chi connectivity index (χ3n) is 6.46. The van der Waals surface area contributed by atoms with Crippen molar-refractivity contribution in [1.29, 1.82) is 0 Å². The summed E-state index contributed by atoms with van der Waals surface area (Å²) in [4.78, 5) is 32.1. The zero-order chi connectivity index (χ0) is 20.3. The first-order valence-electron chi connectivity index (χ1n) is 10.9. The topological polar surface area (TPSA) is 43.9 Å². The quantitative estimate of drug-likeness (QED) is 0.781. The third-order valence-corrected chi connectivity index (χ3v) is 6.46. The number of likely N-dealkylation sites (tertiary alicyclic amines) is 1. The lowest BCUT2D eigenvalue weighted by molar-refractivity contribution is -0.136. The number of para-hydroxylation sites is 1. The molecule has 2 heterocycles. The first-order chi connectivity index (χ1) is 13.5. The van der Waals surface area contributed by atoms with Gasteiger partial charge in [-0.05, 0) is 57.1 Å². The van der Waals surface area contributed by atoms with E-state index in [2.05, 4.69) is 32.0 Å². The van der Waals surface area contributed by atoms with E-state index in [1.54, 1.807) is 0 Å². The minimum Gasteiger partial charge on any atom is -0.343 e. The Morgan fingerprint density at radius 3 is 2.32 bits per heavy atom. The van der Waals surface area contributed by atoms with Crippen LogP contribution in [0.2, 0.25) is 0 Å². The Hall–Kier alpha value is -2.04. The van der Waals surface area contributed by atoms with E-state index in [9.17, 15) is 9.59 Å². The maximum Gasteiger partial charge on any atom is 0.324 e. The van der Waals surface area contributed by atoms with Crippen LogP contribution in [0.15, 0.2) is 24.3 Å². The molecule has 0 spiro atoms. The van der Waals surface area contributed by atoms with Gasteiger partial charge in [-0.3, -0.25) is 9.69 Å². The van der Waals surface area contributed by atoms with Crippen molar-refractivity contribution in [3.8, 4) is 0 Å². The standard InChI is InChI=1S/C23H35N3O2/c1-5-24(6-2)22(27)19-13-15-25(16-14-19)23(28)26-20(17(3)4)12-11-18-9-7-8-10-21(18)26/h7-10,17,19-20H,5-6,11-16H2,1-4H3/t20-/m1/s1. The maximum absolute atomic E-state index is 13.5. The molecule has 1 fully saturated rings. The van der Waals surface area contributed by atoms with Gasteiger partial charge in [0.25, 0.3) is 0 Å². The molecule has 1 aromatic rings. The number of aryl methyl sites for hydroxylation is 1. The molecule has 0 aliphatic carbocycles. The van der Waals surface area contributed by atoms with E-state index in [1.165, 1.54) is 5.56 Å². The van der Waals surface area contributed by atoms with Crippen LogP contribution >= 0.6 is 0 Å². The fraction of sp³-hybridized carbons (Fsp3) is 0.652. The van der Waals surface area contributed by atoms with Crippen molar-refractivity contribution in [3.63, 3.8) is 0 Å². The van der Waals surface area contributed by atoms with E-state index in [4.69, 9.17) is 0 Å². The zero-order valence-electron chi connectivity index (χ0n) is 17.9. The number of carbonyl (C=O) groups excluding carboxylic acids is 2. The van der Waals surface area contributed by atoms with Crippen LogP contribution in [0.5, 0.6) is 0 Å². The van der Waals surface area contributed by atoms with E-state index in [0.717, 1.165) is 44.5 Å². The van der Waals surface area contributed by atoms with Crippen LogP contribution in [-0.4, -0.2) is 54.0 Å². The summed E-state index contributed by atoms with van der Waals surface area (Å²) in [7, 11) is 0. The molecule has 0 N–H and O–H groups in total. The lowest BCUT2D eigenvalue weighted by atomic mass is 9.89. The summed E-state index contributed by atoms with van der Waals surface area (Å²) < 4.78 is 0. The fourth-order valence-corrected chi connectivity index (χ4v) is 4.71. The molecule has 2 aliphatic heterocycles. The molecule has 1 atom stereocenters. The fourth-order valence-electron chi connectivity index (χ4n) is 4.71. The first-order valence-corrected chi connectivity index (χ1v) is 10.9. The highest BCUT2D eigenvalue weighted by atomic mass is 16.2. The number of benzene rings is 1. The molecule has 3 amide bonds. The van der Waals surface area contributed by atoms with Gasteiger partial charge >= 0.3 is 6.03 Å². The van der Waals surface area contributed by atoms with Gasteiger partial charge in [-0.25, -0.2) is 4.79 Å². The molecule has 28 heavy (non-hydrogen) atoms. The second-order valence-electron chi connectivity index (χ2n) is 8.40. The van der Waals surface area contributed by atoms with E-state index in [0.29, 0.717) is 19.0 Å². The van der Waals surface area contributed by atoms with Gasteiger partial charge in [0.15, 0.2) is 0 Å². The van der Waals surface area contributed by atoms with Crippen LogP contribution in [0, 0.1) is 11.8 Å². The number of piperidine rings is 1. The maximum atomic E-state index is 13.5. The van der Waals surface area contributed by atoms with Gasteiger partial charge in [0.2, 0.25) is 5.91 Å². The van der Waals surface area contributed by atoms with Gasteiger partial charge in [-0.2, -0.15) is 0 Å². The second kappa shape index (κ2) is 8.97. The molecule has 0 aromatic heterocycles. The van der Waals surface area contributed by atoms with Crippen molar-refractivity contribution in [2.24, 2.45) is 11.8 Å². The smallest absolute Gasteiger partial charge is 0.324 e. The van der Waals surface area contributed by atoms with Crippen LogP contribution in [0.3, 0.4) is 0 Å². The Bertz CT molecular complexity index is 691. The predicted molar refractivity (Wildman–Crippen MR) is 113 cm³/mol. The van der Waals surface area contributed by atoms with Gasteiger partial charge in [0, 0.05) is 43.8 Å². The molecule has 1 saturated heterocycles. The summed E-state index contributed by atoms with van der Waals surface area (Å²) in [5.74, 6) is 0.720. The molecular weight excluding hydrogens is 350 g/mol. The Morgan fingerprint density at radius 2 is 1.71 bits per heavy atom. The number of nitrogens with zero attached hydrogens (tertiary/aromatic N) is 3. The first kappa shape index (κ1) is 20.7. The minimum absolute atomic E-state index is 0.0542. The van der Waals surface area contributed by atoms with Gasteiger partial charge in [0.1, 0.15) is 0 Å². The summed E-state index contributed by atoms with van der Waals surface area (Å²) in [5, 5.41) is 0. The van der Waals surface area contributed by atoms with Crippen molar-refractivity contribution >= 4 is 17.6 Å². The molecule has 0 bridgehead atoms. The minimum atomic E-state index is 0.0542. The molecule has 3 rings (SSSR count). The Kier molecular flexibility index (Phi) is 6.63. The van der Waals surface area contributed by atoms with Crippen LogP contribution in [0.25, 0.3) is 0 Å². The van der Waals surface area contributed by atoms with Gasteiger partial charge < -0.3 is 9.80 Å². The second-order valence-corrected chi connectivity index (χ2v) is 8.40. The third kappa shape index (κ3) is 4.03. The average Bonchev–Trinajstić information content (AvgIpc) is 2.73. The molecule has 5 heteroatoms. The molecule has 5 nitrogen and oxygen atoms in total. The highest BCUT2D eigenvalue weighted by Crippen LogP contribution is 2.35. The number of fused-ring (bicyclic) bond motifs is 1.